The van der Waals surface area contributed by atoms with Crippen LogP contribution in [0.2, 0.25) is 0 Å². The van der Waals surface area contributed by atoms with Crippen molar-refractivity contribution in [1.29, 1.82) is 0 Å². The monoisotopic (exact) mass is 489 g/mol. The van der Waals surface area contributed by atoms with Crippen LogP contribution < -0.4 is 4.74 Å². The highest BCUT2D eigenvalue weighted by Crippen LogP contribution is 2.31. The number of amides is 1. The second-order valence-corrected chi connectivity index (χ2v) is 9.77. The Morgan fingerprint density at radius 3 is 2.54 bits per heavy atom. The molecular weight excluding hydrogens is 458 g/mol. The number of aromatic nitrogens is 2. The molecule has 0 aliphatic carbocycles. The molecule has 1 aliphatic rings. The van der Waals surface area contributed by atoms with Gasteiger partial charge in [0, 0.05) is 37.4 Å². The second-order valence-electron chi connectivity index (χ2n) is 9.77. The molecule has 2 heterocycles. The zero-order valence-corrected chi connectivity index (χ0v) is 20.9. The first-order chi connectivity index (χ1) is 18.3. The average molecular weight is 490 g/mol. The van der Waals surface area contributed by atoms with E-state index in [9.17, 15) is 4.79 Å². The Morgan fingerprint density at radius 1 is 0.838 bits per heavy atom. The lowest BCUT2D eigenvalue weighted by atomic mass is 10.1. The number of rotatable bonds is 9. The minimum Gasteiger partial charge on any atom is -0.493 e. The Morgan fingerprint density at radius 2 is 1.62 bits per heavy atom. The molecule has 6 rings (SSSR count). The van der Waals surface area contributed by atoms with Crippen molar-refractivity contribution in [2.75, 3.05) is 19.7 Å². The summed E-state index contributed by atoms with van der Waals surface area (Å²) >= 11 is 0. The highest BCUT2D eigenvalue weighted by atomic mass is 16.5. The molecule has 5 aromatic rings. The van der Waals surface area contributed by atoms with E-state index < -0.39 is 0 Å². The first-order valence-electron chi connectivity index (χ1n) is 13.1. The fraction of sp³-hybridized carbons (Fsp3) is 0.250. The van der Waals surface area contributed by atoms with E-state index in [1.54, 1.807) is 0 Å². The molecule has 0 saturated carbocycles. The molecule has 0 bridgehead atoms. The largest absolute Gasteiger partial charge is 0.493 e. The van der Waals surface area contributed by atoms with E-state index in [1.165, 1.54) is 10.9 Å². The van der Waals surface area contributed by atoms with Crippen molar-refractivity contribution in [2.24, 2.45) is 0 Å². The predicted octanol–water partition coefficient (Wildman–Crippen LogP) is 6.22. The number of benzene rings is 4. The van der Waals surface area contributed by atoms with E-state index in [0.717, 1.165) is 60.5 Å². The summed E-state index contributed by atoms with van der Waals surface area (Å²) in [6.45, 7) is 2.89. The van der Waals surface area contributed by atoms with Crippen LogP contribution in [0.1, 0.15) is 30.1 Å². The number of imidazole rings is 1. The Hall–Kier alpha value is -4.12. The maximum Gasteiger partial charge on any atom is 0.223 e. The minimum absolute atomic E-state index is 0.106. The quantitative estimate of drug-likeness (QED) is 0.231. The normalized spacial score (nSPS) is 15.6. The van der Waals surface area contributed by atoms with Gasteiger partial charge in [-0.15, -0.1) is 0 Å². The Bertz CT molecular complexity index is 1520. The molecule has 1 unspecified atom stereocenters. The van der Waals surface area contributed by atoms with Gasteiger partial charge in [0.15, 0.2) is 0 Å². The lowest BCUT2D eigenvalue weighted by Crippen LogP contribution is -2.27. The van der Waals surface area contributed by atoms with Gasteiger partial charge in [-0.3, -0.25) is 4.79 Å². The Labute approximate surface area is 217 Å². The van der Waals surface area contributed by atoms with Gasteiger partial charge in [0.25, 0.3) is 0 Å². The summed E-state index contributed by atoms with van der Waals surface area (Å²) in [6, 6.07) is 33.1. The molecule has 1 atom stereocenters. The molecule has 1 amide bonds. The van der Waals surface area contributed by atoms with E-state index in [-0.39, 0.29) is 11.8 Å². The zero-order chi connectivity index (χ0) is 25.0. The van der Waals surface area contributed by atoms with Crippen LogP contribution in [0, 0.1) is 0 Å². The number of nitrogens with zero attached hydrogens (tertiary/aromatic N) is 3. The average Bonchev–Trinajstić information content (AvgIpc) is 3.50. The summed E-state index contributed by atoms with van der Waals surface area (Å²) in [7, 11) is 0. The van der Waals surface area contributed by atoms with Crippen LogP contribution in [0.5, 0.6) is 5.75 Å². The van der Waals surface area contributed by atoms with Crippen LogP contribution in [0.4, 0.5) is 0 Å². The number of carbonyl (C=O) groups excluding carboxylic acids is 1. The van der Waals surface area contributed by atoms with Crippen molar-refractivity contribution >= 4 is 27.7 Å². The number of hydrogen-bond donors (Lipinski definition) is 0. The molecule has 1 aromatic heterocycles. The number of aryl methyl sites for hydroxylation is 1. The smallest absolute Gasteiger partial charge is 0.223 e. The van der Waals surface area contributed by atoms with Crippen LogP contribution in [-0.2, 0) is 17.8 Å². The van der Waals surface area contributed by atoms with Gasteiger partial charge >= 0.3 is 0 Å². The summed E-state index contributed by atoms with van der Waals surface area (Å²) in [5, 5.41) is 2.32. The molecular formula is C32H31N3O2. The van der Waals surface area contributed by atoms with E-state index in [2.05, 4.69) is 65.2 Å². The lowest BCUT2D eigenvalue weighted by Gasteiger charge is -2.17. The molecule has 0 spiro atoms. The summed E-state index contributed by atoms with van der Waals surface area (Å²) in [5.74, 6) is 2.26. The van der Waals surface area contributed by atoms with Crippen LogP contribution in [0.25, 0.3) is 21.8 Å². The predicted molar refractivity (Wildman–Crippen MR) is 148 cm³/mol. The number of likely N-dealkylation sites (tertiary alicyclic amines) is 1. The molecule has 4 aromatic carbocycles. The van der Waals surface area contributed by atoms with Gasteiger partial charge in [-0.25, -0.2) is 4.98 Å². The molecule has 0 N–H and O–H groups in total. The van der Waals surface area contributed by atoms with Crippen molar-refractivity contribution in [3.8, 4) is 5.75 Å². The maximum atomic E-state index is 12.9. The van der Waals surface area contributed by atoms with Crippen molar-refractivity contribution < 1.29 is 9.53 Å². The number of ether oxygens (including phenoxy) is 1. The van der Waals surface area contributed by atoms with Crippen molar-refractivity contribution in [3.05, 3.63) is 108 Å². The summed E-state index contributed by atoms with van der Waals surface area (Å²) < 4.78 is 8.51. The third-order valence-electron chi connectivity index (χ3n) is 7.31. The van der Waals surface area contributed by atoms with Gasteiger partial charge in [-0.05, 0) is 42.0 Å². The van der Waals surface area contributed by atoms with Crippen LogP contribution in [0.15, 0.2) is 97.1 Å². The van der Waals surface area contributed by atoms with Gasteiger partial charge in [-0.2, -0.15) is 0 Å². The topological polar surface area (TPSA) is 47.4 Å². The standard InChI is InChI=1S/C32H31N3O2/c36-31-22-26(23-34(31)20-18-24-10-2-1-3-11-24)32-33-28-15-6-7-16-29(28)35(32)19-9-21-37-30-17-8-13-25-12-4-5-14-27(25)30/h1-8,10-17,26H,9,18-23H2. The summed E-state index contributed by atoms with van der Waals surface area (Å²) in [4.78, 5) is 19.9. The van der Waals surface area contributed by atoms with Gasteiger partial charge in [0.05, 0.1) is 17.6 Å². The van der Waals surface area contributed by atoms with E-state index >= 15 is 0 Å². The van der Waals surface area contributed by atoms with E-state index in [1.807, 2.05) is 41.3 Å². The maximum absolute atomic E-state index is 12.9. The van der Waals surface area contributed by atoms with E-state index in [4.69, 9.17) is 9.72 Å². The van der Waals surface area contributed by atoms with Gasteiger partial charge in [-0.1, -0.05) is 78.9 Å². The number of hydrogen-bond acceptors (Lipinski definition) is 3. The van der Waals surface area contributed by atoms with Crippen LogP contribution in [0.3, 0.4) is 0 Å². The first kappa shape index (κ1) is 23.3. The fourth-order valence-corrected chi connectivity index (χ4v) is 5.44. The molecule has 5 nitrogen and oxygen atoms in total. The van der Waals surface area contributed by atoms with Crippen molar-refractivity contribution in [1.82, 2.24) is 14.5 Å². The second kappa shape index (κ2) is 10.5. The molecule has 1 aliphatic heterocycles. The number of fused-ring (bicyclic) bond motifs is 2. The zero-order valence-electron chi connectivity index (χ0n) is 20.9. The molecule has 186 valence electrons. The third-order valence-corrected chi connectivity index (χ3v) is 7.31. The fourth-order valence-electron chi connectivity index (χ4n) is 5.44. The number of para-hydroxylation sites is 2. The molecule has 37 heavy (non-hydrogen) atoms. The number of carbonyl (C=O) groups is 1. The van der Waals surface area contributed by atoms with Crippen molar-refractivity contribution in [3.63, 3.8) is 0 Å². The van der Waals surface area contributed by atoms with Crippen LogP contribution >= 0.6 is 0 Å². The summed E-state index contributed by atoms with van der Waals surface area (Å²) in [6.07, 6.45) is 2.25. The van der Waals surface area contributed by atoms with Crippen LogP contribution in [-0.4, -0.2) is 40.1 Å². The third kappa shape index (κ3) is 4.94. The molecule has 1 fully saturated rings. The molecule has 1 saturated heterocycles. The van der Waals surface area contributed by atoms with Gasteiger partial charge < -0.3 is 14.2 Å². The Kier molecular flexibility index (Phi) is 6.59. The SMILES string of the molecule is O=C1CC(c2nc3ccccc3n2CCCOc2cccc3ccccc23)CN1CCc1ccccc1. The molecule has 5 heteroatoms. The van der Waals surface area contributed by atoms with Gasteiger partial charge in [0.1, 0.15) is 11.6 Å². The van der Waals surface area contributed by atoms with Crippen molar-refractivity contribution in [2.45, 2.75) is 31.7 Å². The molecule has 0 radical (unpaired) electrons. The van der Waals surface area contributed by atoms with E-state index in [0.29, 0.717) is 13.0 Å². The Balaban J connectivity index is 1.15. The highest BCUT2D eigenvalue weighted by Gasteiger charge is 2.33. The van der Waals surface area contributed by atoms with Gasteiger partial charge in [0.2, 0.25) is 5.91 Å². The summed E-state index contributed by atoms with van der Waals surface area (Å²) in [5.41, 5.74) is 3.37. The lowest BCUT2D eigenvalue weighted by molar-refractivity contribution is -0.127. The first-order valence-corrected chi connectivity index (χ1v) is 13.1. The minimum atomic E-state index is 0.106. The highest BCUT2D eigenvalue weighted by molar-refractivity contribution is 5.88.